The van der Waals surface area contributed by atoms with Crippen molar-refractivity contribution in [3.05, 3.63) is 22.2 Å². The zero-order valence-electron chi connectivity index (χ0n) is 6.92. The molecule has 0 unspecified atom stereocenters. The summed E-state index contributed by atoms with van der Waals surface area (Å²) in [6.45, 7) is 0. The van der Waals surface area contributed by atoms with E-state index >= 15 is 0 Å². The van der Waals surface area contributed by atoms with Crippen LogP contribution in [0.4, 0.5) is 0 Å². The van der Waals surface area contributed by atoms with Crippen molar-refractivity contribution < 1.29 is 13.2 Å². The van der Waals surface area contributed by atoms with Crippen molar-refractivity contribution in [3.63, 3.8) is 0 Å². The van der Waals surface area contributed by atoms with Gasteiger partial charge >= 0.3 is 0 Å². The molecule has 3 nitrogen and oxygen atoms in total. The molecule has 0 atom stereocenters. The van der Waals surface area contributed by atoms with E-state index < -0.39 is 9.05 Å². The minimum absolute atomic E-state index is 0.0643. The maximum Gasteiger partial charge on any atom is 0.265 e. The molecule has 78 valence electrons. The third kappa shape index (κ3) is 2.45. The molecule has 0 bridgehead atoms. The van der Waals surface area contributed by atoms with Gasteiger partial charge in [-0.15, -0.1) is 0 Å². The quantitative estimate of drug-likeness (QED) is 0.780. The number of halogens is 3. The minimum Gasteiger partial charge on any atom is -0.495 e. The van der Waals surface area contributed by atoms with Gasteiger partial charge in [0.2, 0.25) is 0 Å². The molecule has 0 saturated heterocycles. The predicted octanol–water partition coefficient (Wildman–Crippen LogP) is 2.93. The van der Waals surface area contributed by atoms with Gasteiger partial charge < -0.3 is 4.74 Å². The smallest absolute Gasteiger partial charge is 0.265 e. The molecule has 0 spiro atoms. The van der Waals surface area contributed by atoms with Crippen LogP contribution in [0, 0.1) is 0 Å². The molecule has 0 amide bonds. The van der Waals surface area contributed by atoms with E-state index in [0.29, 0.717) is 0 Å². The standard InChI is InChI=1S/C7H5Cl3O3S/c1-13-6-2-4(8)5(9)3-7(6)14(10,11)12/h2-3H,1H3. The topological polar surface area (TPSA) is 43.4 Å². The van der Waals surface area contributed by atoms with Crippen LogP contribution in [0.5, 0.6) is 5.75 Å². The largest absolute Gasteiger partial charge is 0.495 e. The van der Waals surface area contributed by atoms with Crippen molar-refractivity contribution in [2.45, 2.75) is 4.90 Å². The first-order valence-corrected chi connectivity index (χ1v) is 6.40. The molecule has 0 N–H and O–H groups in total. The van der Waals surface area contributed by atoms with Crippen molar-refractivity contribution in [1.29, 1.82) is 0 Å². The van der Waals surface area contributed by atoms with E-state index in [-0.39, 0.29) is 20.7 Å². The fourth-order valence-corrected chi connectivity index (χ4v) is 2.25. The molecule has 7 heteroatoms. The Kier molecular flexibility index (Phi) is 3.53. The first-order chi connectivity index (χ1) is 6.36. The summed E-state index contributed by atoms with van der Waals surface area (Å²) in [4.78, 5) is -0.198. The summed E-state index contributed by atoms with van der Waals surface area (Å²) in [6, 6.07) is 2.43. The summed E-state index contributed by atoms with van der Waals surface area (Å²) in [6.07, 6.45) is 0. The molecular weight excluding hydrogens is 270 g/mol. The van der Waals surface area contributed by atoms with Crippen LogP contribution in [0.15, 0.2) is 17.0 Å². The second kappa shape index (κ2) is 4.14. The highest BCUT2D eigenvalue weighted by Gasteiger charge is 2.18. The lowest BCUT2D eigenvalue weighted by atomic mass is 10.3. The average molecular weight is 276 g/mol. The first kappa shape index (κ1) is 11.9. The molecular formula is C7H5Cl3O3S. The van der Waals surface area contributed by atoms with E-state index in [1.54, 1.807) is 0 Å². The molecule has 1 aromatic carbocycles. The summed E-state index contributed by atoms with van der Waals surface area (Å²) in [5.41, 5.74) is 0. The Labute approximate surface area is 95.9 Å². The third-order valence-corrected chi connectivity index (χ3v) is 3.53. The number of hydrogen-bond acceptors (Lipinski definition) is 3. The lowest BCUT2D eigenvalue weighted by Gasteiger charge is -2.06. The summed E-state index contributed by atoms with van der Waals surface area (Å²) in [5, 5.41) is 0.305. The van der Waals surface area contributed by atoms with E-state index in [4.69, 9.17) is 38.6 Å². The average Bonchev–Trinajstić information content (AvgIpc) is 2.07. The number of benzene rings is 1. The van der Waals surface area contributed by atoms with Crippen LogP contribution in [-0.2, 0) is 9.05 Å². The lowest BCUT2D eigenvalue weighted by Crippen LogP contribution is -1.96. The van der Waals surface area contributed by atoms with Gasteiger partial charge in [0, 0.05) is 16.7 Å². The molecule has 0 aliphatic heterocycles. The number of ether oxygens (including phenoxy) is 1. The van der Waals surface area contributed by atoms with E-state index in [1.165, 1.54) is 13.2 Å². The van der Waals surface area contributed by atoms with E-state index in [0.717, 1.165) is 6.07 Å². The number of rotatable bonds is 2. The SMILES string of the molecule is COc1cc(Cl)c(Cl)cc1S(=O)(=O)Cl. The summed E-state index contributed by atoms with van der Waals surface area (Å²) in [5.74, 6) is 0.0643. The highest BCUT2D eigenvalue weighted by atomic mass is 35.7. The summed E-state index contributed by atoms with van der Waals surface area (Å²) >= 11 is 11.3. The molecule has 0 aromatic heterocycles. The van der Waals surface area contributed by atoms with Crippen molar-refractivity contribution >= 4 is 42.9 Å². The lowest BCUT2D eigenvalue weighted by molar-refractivity contribution is 0.403. The molecule has 0 aliphatic rings. The van der Waals surface area contributed by atoms with Gasteiger partial charge in [0.15, 0.2) is 0 Å². The second-order valence-corrected chi connectivity index (χ2v) is 5.70. The van der Waals surface area contributed by atoms with Gasteiger partial charge in [0.25, 0.3) is 9.05 Å². The Morgan fingerprint density at radius 3 is 2.14 bits per heavy atom. The van der Waals surface area contributed by atoms with Gasteiger partial charge in [-0.25, -0.2) is 8.42 Å². The zero-order valence-corrected chi connectivity index (χ0v) is 10.0. The Hall–Kier alpha value is -0.160. The molecule has 1 aromatic rings. The van der Waals surface area contributed by atoms with Gasteiger partial charge in [-0.05, 0) is 6.07 Å². The van der Waals surface area contributed by atoms with E-state index in [1.807, 2.05) is 0 Å². The number of methoxy groups -OCH3 is 1. The van der Waals surface area contributed by atoms with Crippen LogP contribution < -0.4 is 4.74 Å². The molecule has 0 radical (unpaired) electrons. The van der Waals surface area contributed by atoms with Gasteiger partial charge in [0.1, 0.15) is 10.6 Å². The normalized spacial score (nSPS) is 11.4. The van der Waals surface area contributed by atoms with Gasteiger partial charge in [0.05, 0.1) is 17.2 Å². The zero-order chi connectivity index (χ0) is 10.9. The highest BCUT2D eigenvalue weighted by Crippen LogP contribution is 2.34. The fourth-order valence-electron chi connectivity index (χ4n) is 0.860. The molecule has 14 heavy (non-hydrogen) atoms. The van der Waals surface area contributed by atoms with Crippen LogP contribution in [0.3, 0.4) is 0 Å². The Bertz CT molecular complexity index is 455. The molecule has 0 saturated carbocycles. The third-order valence-electron chi connectivity index (χ3n) is 1.47. The monoisotopic (exact) mass is 274 g/mol. The summed E-state index contributed by atoms with van der Waals surface area (Å²) in [7, 11) is 2.59. The van der Waals surface area contributed by atoms with Crippen LogP contribution in [0.2, 0.25) is 10.0 Å². The van der Waals surface area contributed by atoms with Crippen LogP contribution >= 0.6 is 33.9 Å². The molecule has 0 fully saturated rings. The Balaban J connectivity index is 3.51. The summed E-state index contributed by atoms with van der Waals surface area (Å²) < 4.78 is 26.9. The van der Waals surface area contributed by atoms with Gasteiger partial charge in [-0.1, -0.05) is 23.2 Å². The fraction of sp³-hybridized carbons (Fsp3) is 0.143. The van der Waals surface area contributed by atoms with Crippen molar-refractivity contribution in [3.8, 4) is 5.75 Å². The van der Waals surface area contributed by atoms with Crippen LogP contribution in [0.25, 0.3) is 0 Å². The first-order valence-electron chi connectivity index (χ1n) is 3.34. The van der Waals surface area contributed by atoms with Crippen molar-refractivity contribution in [2.75, 3.05) is 7.11 Å². The van der Waals surface area contributed by atoms with Crippen molar-refractivity contribution in [1.82, 2.24) is 0 Å². The van der Waals surface area contributed by atoms with Crippen LogP contribution in [-0.4, -0.2) is 15.5 Å². The minimum atomic E-state index is -3.88. The second-order valence-electron chi connectivity index (χ2n) is 2.36. The number of hydrogen-bond donors (Lipinski definition) is 0. The van der Waals surface area contributed by atoms with Crippen molar-refractivity contribution in [2.24, 2.45) is 0 Å². The highest BCUT2D eigenvalue weighted by molar-refractivity contribution is 8.13. The maximum atomic E-state index is 11.1. The molecule has 0 heterocycles. The predicted molar refractivity (Wildman–Crippen MR) is 56.1 cm³/mol. The Morgan fingerprint density at radius 2 is 1.71 bits per heavy atom. The van der Waals surface area contributed by atoms with Gasteiger partial charge in [-0.2, -0.15) is 0 Å². The van der Waals surface area contributed by atoms with E-state index in [2.05, 4.69) is 0 Å². The van der Waals surface area contributed by atoms with Gasteiger partial charge in [-0.3, -0.25) is 0 Å². The molecule has 1 rings (SSSR count). The molecule has 0 aliphatic carbocycles. The Morgan fingerprint density at radius 1 is 1.21 bits per heavy atom. The van der Waals surface area contributed by atoms with E-state index in [9.17, 15) is 8.42 Å². The van der Waals surface area contributed by atoms with Crippen LogP contribution in [0.1, 0.15) is 0 Å². The maximum absolute atomic E-state index is 11.1.